The standard InChI is InChI=1S/C42H50N2O10/c1-26-11-9-14-30(45)13-8-6-7-12-28-22-34(46)39(40(48)38(28)42(49)54-26)32(29-23-35(51-3)41(53-5)36(24-29)52-4)25-37(47)43-18-10-19-44-20-17-27-21-31(50-2)15-16-33(27)44/h7,12,15-17,20-24,26,32,46,48H,6,8-11,13-14,18-19,25H2,1-5H3,(H,43,47)/b12-7+/t26-,32?/m0/s1. The summed E-state index contributed by atoms with van der Waals surface area (Å²) in [6.07, 6.45) is 8.39. The van der Waals surface area contributed by atoms with E-state index in [1.54, 1.807) is 38.3 Å². The lowest BCUT2D eigenvalue weighted by Gasteiger charge is -2.24. The Balaban J connectivity index is 1.48. The number of amides is 1. The zero-order valence-corrected chi connectivity index (χ0v) is 31.6. The molecule has 0 radical (unpaired) electrons. The first-order chi connectivity index (χ1) is 26.1. The normalized spacial score (nSPS) is 16.4. The van der Waals surface area contributed by atoms with Crippen molar-refractivity contribution in [1.82, 2.24) is 9.88 Å². The van der Waals surface area contributed by atoms with Crippen LogP contribution in [-0.4, -0.2) is 73.5 Å². The molecule has 0 saturated heterocycles. The maximum atomic E-state index is 13.8. The summed E-state index contributed by atoms with van der Waals surface area (Å²) in [6.45, 7) is 2.75. The summed E-state index contributed by atoms with van der Waals surface area (Å²) in [4.78, 5) is 39.8. The molecule has 3 N–H and O–H groups in total. The number of phenolic OH excluding ortho intramolecular Hbond substituents is 2. The number of esters is 1. The van der Waals surface area contributed by atoms with E-state index in [1.807, 2.05) is 30.5 Å². The van der Waals surface area contributed by atoms with Gasteiger partial charge in [-0.05, 0) is 92.6 Å². The SMILES string of the molecule is COc1ccc2c(ccn2CCCNC(=O)CC(c2cc(OC)c(OC)c(OC)c2)c2c(O)cc3c(c2O)C(=O)O[C@@H](C)CCCC(=O)CCC/C=C/3)c1. The molecule has 0 bridgehead atoms. The maximum absolute atomic E-state index is 13.8. The Bertz CT molecular complexity index is 1970. The number of nitrogens with zero attached hydrogens (tertiary/aromatic N) is 1. The highest BCUT2D eigenvalue weighted by atomic mass is 16.5. The maximum Gasteiger partial charge on any atom is 0.342 e. The van der Waals surface area contributed by atoms with Gasteiger partial charge < -0.3 is 43.8 Å². The van der Waals surface area contributed by atoms with Crippen molar-refractivity contribution < 1.29 is 48.3 Å². The van der Waals surface area contributed by atoms with Crippen LogP contribution in [0.4, 0.5) is 0 Å². The van der Waals surface area contributed by atoms with Gasteiger partial charge in [0.15, 0.2) is 11.5 Å². The molecule has 0 spiro atoms. The molecule has 4 aromatic rings. The van der Waals surface area contributed by atoms with Crippen LogP contribution in [-0.2, 0) is 20.9 Å². The lowest BCUT2D eigenvalue weighted by Crippen LogP contribution is -2.27. The fourth-order valence-electron chi connectivity index (χ4n) is 6.94. The van der Waals surface area contributed by atoms with Crippen LogP contribution < -0.4 is 24.3 Å². The molecule has 1 aliphatic heterocycles. The Morgan fingerprint density at radius 1 is 0.963 bits per heavy atom. The summed E-state index contributed by atoms with van der Waals surface area (Å²) in [6, 6.07) is 12.6. The first-order valence-corrected chi connectivity index (χ1v) is 18.3. The van der Waals surface area contributed by atoms with E-state index in [4.69, 9.17) is 23.7 Å². The van der Waals surface area contributed by atoms with Crippen molar-refractivity contribution in [1.29, 1.82) is 0 Å². The summed E-state index contributed by atoms with van der Waals surface area (Å²) in [5.74, 6) is -1.05. The van der Waals surface area contributed by atoms with Crippen molar-refractivity contribution in [3.05, 3.63) is 77.0 Å². The average molecular weight is 743 g/mol. The van der Waals surface area contributed by atoms with Crippen molar-refractivity contribution in [2.45, 2.75) is 76.9 Å². The molecule has 5 rings (SSSR count). The number of methoxy groups -OCH3 is 4. The number of benzene rings is 3. The van der Waals surface area contributed by atoms with E-state index >= 15 is 0 Å². The van der Waals surface area contributed by atoms with Crippen LogP contribution in [0.5, 0.6) is 34.5 Å². The lowest BCUT2D eigenvalue weighted by molar-refractivity contribution is -0.121. The Kier molecular flexibility index (Phi) is 13.5. The number of ether oxygens (including phenoxy) is 5. The number of aryl methyl sites for hydroxylation is 1. The molecule has 54 heavy (non-hydrogen) atoms. The van der Waals surface area contributed by atoms with Gasteiger partial charge >= 0.3 is 5.97 Å². The minimum absolute atomic E-state index is 0.0304. The van der Waals surface area contributed by atoms with Gasteiger partial charge in [0, 0.05) is 60.9 Å². The van der Waals surface area contributed by atoms with Crippen molar-refractivity contribution in [2.24, 2.45) is 0 Å². The highest BCUT2D eigenvalue weighted by Gasteiger charge is 2.32. The zero-order chi connectivity index (χ0) is 38.8. The fourth-order valence-corrected chi connectivity index (χ4v) is 6.94. The van der Waals surface area contributed by atoms with Gasteiger partial charge in [-0.1, -0.05) is 12.2 Å². The number of ketones is 1. The quantitative estimate of drug-likeness (QED) is 0.0995. The summed E-state index contributed by atoms with van der Waals surface area (Å²) >= 11 is 0. The molecule has 3 aromatic carbocycles. The number of fused-ring (bicyclic) bond motifs is 2. The minimum Gasteiger partial charge on any atom is -0.507 e. The van der Waals surface area contributed by atoms with Gasteiger partial charge in [-0.15, -0.1) is 0 Å². The molecular formula is C42H50N2O10. The van der Waals surface area contributed by atoms with Gasteiger partial charge in [-0.25, -0.2) is 4.79 Å². The van der Waals surface area contributed by atoms with Crippen LogP contribution in [0, 0.1) is 0 Å². The number of allylic oxidation sites excluding steroid dienone is 1. The monoisotopic (exact) mass is 742 g/mol. The Morgan fingerprint density at radius 2 is 1.70 bits per heavy atom. The van der Waals surface area contributed by atoms with E-state index in [1.165, 1.54) is 27.4 Å². The Labute approximate surface area is 315 Å². The van der Waals surface area contributed by atoms with Crippen LogP contribution >= 0.6 is 0 Å². The second-order valence-corrected chi connectivity index (χ2v) is 13.4. The molecule has 1 aromatic heterocycles. The topological polar surface area (TPSA) is 155 Å². The fraction of sp³-hybridized carbons (Fsp3) is 0.405. The highest BCUT2D eigenvalue weighted by molar-refractivity contribution is 5.98. The van der Waals surface area contributed by atoms with Crippen LogP contribution in [0.1, 0.15) is 91.3 Å². The third-order valence-corrected chi connectivity index (χ3v) is 9.75. The molecule has 0 aliphatic carbocycles. The molecule has 1 aliphatic rings. The van der Waals surface area contributed by atoms with E-state index < -0.39 is 23.7 Å². The molecular weight excluding hydrogens is 692 g/mol. The molecule has 12 nitrogen and oxygen atoms in total. The van der Waals surface area contributed by atoms with E-state index in [0.717, 1.165) is 16.7 Å². The molecule has 0 fully saturated rings. The van der Waals surface area contributed by atoms with E-state index in [-0.39, 0.29) is 40.6 Å². The third kappa shape index (κ3) is 9.28. The number of rotatable bonds is 12. The predicted octanol–water partition coefficient (Wildman–Crippen LogP) is 7.30. The molecule has 12 heteroatoms. The van der Waals surface area contributed by atoms with Crippen LogP contribution in [0.15, 0.2) is 54.7 Å². The molecule has 1 amide bonds. The number of aromatic nitrogens is 1. The van der Waals surface area contributed by atoms with Crippen LogP contribution in [0.2, 0.25) is 0 Å². The first-order valence-electron chi connectivity index (χ1n) is 18.3. The van der Waals surface area contributed by atoms with Gasteiger partial charge in [-0.2, -0.15) is 0 Å². The number of cyclic esters (lactones) is 1. The number of carbonyl (C=O) groups is 3. The van der Waals surface area contributed by atoms with Gasteiger partial charge in [0.25, 0.3) is 0 Å². The lowest BCUT2D eigenvalue weighted by atomic mass is 9.84. The van der Waals surface area contributed by atoms with Crippen molar-refractivity contribution in [2.75, 3.05) is 35.0 Å². The summed E-state index contributed by atoms with van der Waals surface area (Å²) in [5.41, 5.74) is 1.60. The average Bonchev–Trinajstić information content (AvgIpc) is 3.56. The zero-order valence-electron chi connectivity index (χ0n) is 31.6. The summed E-state index contributed by atoms with van der Waals surface area (Å²) in [5, 5.41) is 27.6. The number of aromatic hydroxyl groups is 2. The van der Waals surface area contributed by atoms with Gasteiger partial charge in [0.2, 0.25) is 11.7 Å². The van der Waals surface area contributed by atoms with Gasteiger partial charge in [0.1, 0.15) is 28.6 Å². The summed E-state index contributed by atoms with van der Waals surface area (Å²) < 4.78 is 30.0. The van der Waals surface area contributed by atoms with E-state index in [2.05, 4.69) is 9.88 Å². The number of carbonyl (C=O) groups excluding carboxylic acids is 3. The van der Waals surface area contributed by atoms with Gasteiger partial charge in [0.05, 0.1) is 34.5 Å². The summed E-state index contributed by atoms with van der Waals surface area (Å²) in [7, 11) is 6.04. The van der Waals surface area contributed by atoms with Crippen molar-refractivity contribution in [3.63, 3.8) is 0 Å². The second kappa shape index (κ2) is 18.4. The Morgan fingerprint density at radius 3 is 2.41 bits per heavy atom. The largest absolute Gasteiger partial charge is 0.507 e. The minimum atomic E-state index is -0.972. The van der Waals surface area contributed by atoms with Crippen molar-refractivity contribution in [3.8, 4) is 34.5 Å². The number of phenols is 2. The van der Waals surface area contributed by atoms with E-state index in [9.17, 15) is 24.6 Å². The highest BCUT2D eigenvalue weighted by Crippen LogP contribution is 2.47. The molecule has 0 saturated carbocycles. The molecule has 2 atom stereocenters. The smallest absolute Gasteiger partial charge is 0.342 e. The Hall–Kier alpha value is -5.65. The number of Topliss-reactive ketones (excluding diaryl/α,β-unsaturated/α-hetero) is 1. The second-order valence-electron chi connectivity index (χ2n) is 13.4. The van der Waals surface area contributed by atoms with Crippen molar-refractivity contribution >= 4 is 34.6 Å². The molecule has 288 valence electrons. The molecule has 1 unspecified atom stereocenters. The predicted molar refractivity (Wildman–Crippen MR) is 205 cm³/mol. The number of hydrogen-bond acceptors (Lipinski definition) is 10. The van der Waals surface area contributed by atoms with Crippen LogP contribution in [0.3, 0.4) is 0 Å². The third-order valence-electron chi connectivity index (χ3n) is 9.75. The number of nitrogens with one attached hydrogen (secondary N) is 1. The number of hydrogen-bond donors (Lipinski definition) is 3. The molecule has 2 heterocycles. The van der Waals surface area contributed by atoms with Gasteiger partial charge in [-0.3, -0.25) is 9.59 Å². The van der Waals surface area contributed by atoms with Crippen LogP contribution in [0.25, 0.3) is 17.0 Å². The first kappa shape index (κ1) is 39.6. The van der Waals surface area contributed by atoms with E-state index in [0.29, 0.717) is 80.8 Å².